The Hall–Kier alpha value is -1.62. The van der Waals surface area contributed by atoms with E-state index in [-0.39, 0.29) is 5.82 Å². The summed E-state index contributed by atoms with van der Waals surface area (Å²) in [5.74, 6) is -0.290. The van der Waals surface area contributed by atoms with Crippen molar-refractivity contribution in [3.63, 3.8) is 0 Å². The highest BCUT2D eigenvalue weighted by Gasteiger charge is 2.46. The molecule has 0 aromatic heterocycles. The molecule has 2 rings (SSSR count). The van der Waals surface area contributed by atoms with Crippen LogP contribution in [0.3, 0.4) is 0 Å². The van der Waals surface area contributed by atoms with Gasteiger partial charge in [-0.1, -0.05) is 24.8 Å². The summed E-state index contributed by atoms with van der Waals surface area (Å²) >= 11 is 0. The first-order valence-corrected chi connectivity index (χ1v) is 4.55. The minimum atomic E-state index is -0.538. The van der Waals surface area contributed by atoms with Gasteiger partial charge in [0.15, 0.2) is 0 Å². The Balaban J connectivity index is 2.47. The predicted molar refractivity (Wildman–Crippen MR) is 53.0 cm³/mol. The molecule has 0 N–H and O–H groups in total. The molecule has 0 spiro atoms. The number of hydrogen-bond acceptors (Lipinski definition) is 1. The lowest BCUT2D eigenvalue weighted by atomic mass is 9.96. The van der Waals surface area contributed by atoms with Crippen LogP contribution < -0.4 is 0 Å². The molecule has 0 heterocycles. The van der Waals surface area contributed by atoms with Crippen LogP contribution in [-0.2, 0) is 5.41 Å². The summed E-state index contributed by atoms with van der Waals surface area (Å²) in [6.07, 6.45) is 3.14. The quantitative estimate of drug-likeness (QED) is 0.698. The number of rotatable bonds is 2. The minimum absolute atomic E-state index is 0.290. The average Bonchev–Trinajstić information content (AvgIpc) is 2.98. The Morgan fingerprint density at radius 2 is 2.21 bits per heavy atom. The maximum atomic E-state index is 13.6. The second-order valence-corrected chi connectivity index (χ2v) is 3.64. The third-order valence-corrected chi connectivity index (χ3v) is 2.71. The van der Waals surface area contributed by atoms with Gasteiger partial charge in [0.05, 0.1) is 11.5 Å². The molecule has 70 valence electrons. The zero-order chi connectivity index (χ0) is 10.2. The van der Waals surface area contributed by atoms with Gasteiger partial charge in [-0.05, 0) is 24.5 Å². The van der Waals surface area contributed by atoms with Crippen LogP contribution in [0.15, 0.2) is 24.8 Å². The first-order chi connectivity index (χ1) is 6.72. The van der Waals surface area contributed by atoms with Crippen LogP contribution in [-0.4, -0.2) is 0 Å². The van der Waals surface area contributed by atoms with Crippen molar-refractivity contribution in [2.24, 2.45) is 0 Å². The van der Waals surface area contributed by atoms with E-state index in [0.29, 0.717) is 5.56 Å². The summed E-state index contributed by atoms with van der Waals surface area (Å²) < 4.78 is 13.6. The van der Waals surface area contributed by atoms with Crippen molar-refractivity contribution < 1.29 is 4.39 Å². The topological polar surface area (TPSA) is 23.8 Å². The van der Waals surface area contributed by atoms with Gasteiger partial charge in [-0.15, -0.1) is 0 Å². The molecule has 0 bridgehead atoms. The fourth-order valence-electron chi connectivity index (χ4n) is 1.61. The van der Waals surface area contributed by atoms with Gasteiger partial charge < -0.3 is 0 Å². The zero-order valence-electron chi connectivity index (χ0n) is 7.76. The van der Waals surface area contributed by atoms with E-state index in [9.17, 15) is 4.39 Å². The van der Waals surface area contributed by atoms with E-state index in [1.54, 1.807) is 18.2 Å². The Bertz CT molecular complexity index is 424. The first-order valence-electron chi connectivity index (χ1n) is 4.55. The van der Waals surface area contributed by atoms with E-state index in [1.807, 2.05) is 0 Å². The summed E-state index contributed by atoms with van der Waals surface area (Å²) in [4.78, 5) is 0. The van der Waals surface area contributed by atoms with Crippen molar-refractivity contribution in [1.82, 2.24) is 0 Å². The molecule has 0 aliphatic heterocycles. The van der Waals surface area contributed by atoms with Gasteiger partial charge in [0.2, 0.25) is 0 Å². The first kappa shape index (κ1) is 8.96. The highest BCUT2D eigenvalue weighted by Crippen LogP contribution is 2.48. The highest BCUT2D eigenvalue weighted by molar-refractivity contribution is 5.50. The summed E-state index contributed by atoms with van der Waals surface area (Å²) in [6.45, 7) is 3.57. The predicted octanol–water partition coefficient (Wildman–Crippen LogP) is 3.02. The fraction of sp³-hybridized carbons (Fsp3) is 0.250. The maximum Gasteiger partial charge on any atom is 0.128 e. The van der Waals surface area contributed by atoms with E-state index in [0.717, 1.165) is 18.4 Å². The lowest BCUT2D eigenvalue weighted by Gasteiger charge is -2.07. The van der Waals surface area contributed by atoms with Gasteiger partial charge in [-0.3, -0.25) is 0 Å². The minimum Gasteiger partial charge on any atom is -0.207 e. The van der Waals surface area contributed by atoms with Crippen LogP contribution in [0.5, 0.6) is 0 Å². The van der Waals surface area contributed by atoms with E-state index in [1.165, 1.54) is 6.07 Å². The second-order valence-electron chi connectivity index (χ2n) is 3.64. The average molecular weight is 187 g/mol. The third kappa shape index (κ3) is 1.22. The van der Waals surface area contributed by atoms with Crippen LogP contribution in [0.2, 0.25) is 0 Å². The summed E-state index contributed by atoms with van der Waals surface area (Å²) in [6, 6.07) is 7.10. The van der Waals surface area contributed by atoms with E-state index < -0.39 is 5.41 Å². The van der Waals surface area contributed by atoms with Gasteiger partial charge in [-0.25, -0.2) is 4.39 Å². The molecule has 0 unspecified atom stereocenters. The monoisotopic (exact) mass is 187 g/mol. The number of nitrogens with zero attached hydrogens (tertiary/aromatic N) is 1. The van der Waals surface area contributed by atoms with Crippen molar-refractivity contribution in [1.29, 1.82) is 5.26 Å². The normalized spacial score (nSPS) is 17.1. The molecule has 1 saturated carbocycles. The lowest BCUT2D eigenvalue weighted by molar-refractivity contribution is 0.599. The van der Waals surface area contributed by atoms with Crippen LogP contribution in [0, 0.1) is 17.1 Å². The summed E-state index contributed by atoms with van der Waals surface area (Å²) in [7, 11) is 0. The summed E-state index contributed by atoms with van der Waals surface area (Å²) in [5, 5.41) is 8.92. The number of nitriles is 1. The largest absolute Gasteiger partial charge is 0.207 e. The number of halogens is 1. The second kappa shape index (κ2) is 2.95. The molecular weight excluding hydrogens is 177 g/mol. The highest BCUT2D eigenvalue weighted by atomic mass is 19.1. The molecule has 0 saturated heterocycles. The van der Waals surface area contributed by atoms with Crippen LogP contribution in [0.4, 0.5) is 4.39 Å². The molecule has 1 nitrogen and oxygen atoms in total. The fourth-order valence-corrected chi connectivity index (χ4v) is 1.61. The smallest absolute Gasteiger partial charge is 0.128 e. The van der Waals surface area contributed by atoms with E-state index >= 15 is 0 Å². The van der Waals surface area contributed by atoms with Crippen molar-refractivity contribution >= 4 is 6.08 Å². The van der Waals surface area contributed by atoms with Crippen molar-refractivity contribution in [3.05, 3.63) is 41.7 Å². The molecule has 0 radical (unpaired) electrons. The molecule has 2 heteroatoms. The van der Waals surface area contributed by atoms with Crippen LogP contribution >= 0.6 is 0 Å². The van der Waals surface area contributed by atoms with Gasteiger partial charge in [-0.2, -0.15) is 5.26 Å². The van der Waals surface area contributed by atoms with Crippen LogP contribution in [0.25, 0.3) is 6.08 Å². The van der Waals surface area contributed by atoms with Gasteiger partial charge in [0, 0.05) is 5.56 Å². The van der Waals surface area contributed by atoms with E-state index in [4.69, 9.17) is 5.26 Å². The molecule has 1 aromatic rings. The SMILES string of the molecule is C=Cc1ccc(C2(C#N)CC2)c(F)c1. The molecule has 1 aliphatic rings. The van der Waals surface area contributed by atoms with Gasteiger partial charge >= 0.3 is 0 Å². The van der Waals surface area contributed by atoms with Crippen molar-refractivity contribution in [2.45, 2.75) is 18.3 Å². The molecule has 14 heavy (non-hydrogen) atoms. The molecule has 1 aliphatic carbocycles. The molecule has 0 atom stereocenters. The van der Waals surface area contributed by atoms with Gasteiger partial charge in [0.25, 0.3) is 0 Å². The Morgan fingerprint density at radius 3 is 2.64 bits per heavy atom. The lowest BCUT2D eigenvalue weighted by Crippen LogP contribution is -2.05. The van der Waals surface area contributed by atoms with Gasteiger partial charge in [0.1, 0.15) is 5.82 Å². The van der Waals surface area contributed by atoms with E-state index in [2.05, 4.69) is 12.6 Å². The molecule has 1 fully saturated rings. The standard InChI is InChI=1S/C12H10FN/c1-2-9-3-4-10(11(13)7-9)12(8-14)5-6-12/h2-4,7H,1,5-6H2. The zero-order valence-corrected chi connectivity index (χ0v) is 7.76. The maximum absolute atomic E-state index is 13.6. The Kier molecular flexibility index (Phi) is 1.89. The third-order valence-electron chi connectivity index (χ3n) is 2.71. The Labute approximate surface area is 82.5 Å². The van der Waals surface area contributed by atoms with Crippen LogP contribution in [0.1, 0.15) is 24.0 Å². The Morgan fingerprint density at radius 1 is 1.50 bits per heavy atom. The van der Waals surface area contributed by atoms with Crippen molar-refractivity contribution in [2.75, 3.05) is 0 Å². The summed E-state index contributed by atoms with van der Waals surface area (Å²) in [5.41, 5.74) is 0.745. The molecule has 1 aromatic carbocycles. The molecule has 0 amide bonds. The van der Waals surface area contributed by atoms with Crippen molar-refractivity contribution in [3.8, 4) is 6.07 Å². The number of hydrogen-bond donors (Lipinski definition) is 0. The number of benzene rings is 1. The molecular formula is C12H10FN.